The Hall–Kier alpha value is -1.33. The van der Waals surface area contributed by atoms with Crippen LogP contribution in [0.1, 0.15) is 5.56 Å². The van der Waals surface area contributed by atoms with E-state index in [0.29, 0.717) is 12.1 Å². The average Bonchev–Trinajstić information content (AvgIpc) is 2.03. The molecule has 0 aliphatic carbocycles. The topological polar surface area (TPSA) is 3.24 Å². The van der Waals surface area contributed by atoms with Gasteiger partial charge < -0.3 is 0 Å². The van der Waals surface area contributed by atoms with Crippen LogP contribution in [0, 0.1) is 23.7 Å². The van der Waals surface area contributed by atoms with Crippen LogP contribution in [0.2, 0.25) is 0 Å². The molecule has 0 fully saturated rings. The Kier molecular flexibility index (Phi) is 3.48. The molecular formula is C11H11FN. The number of hydrogen-bond acceptors (Lipinski definition) is 1. The SMILES string of the molecule is CN(C)CC#Cc1cc[c]c(F)c1. The molecule has 0 N–H and O–H groups in total. The maximum absolute atomic E-state index is 12.6. The Morgan fingerprint density at radius 3 is 2.92 bits per heavy atom. The van der Waals surface area contributed by atoms with Gasteiger partial charge in [-0.05, 0) is 26.2 Å². The number of hydrogen-bond donors (Lipinski definition) is 0. The molecule has 0 heterocycles. The van der Waals surface area contributed by atoms with Crippen LogP contribution in [-0.2, 0) is 0 Å². The van der Waals surface area contributed by atoms with Crippen molar-refractivity contribution in [1.82, 2.24) is 4.90 Å². The van der Waals surface area contributed by atoms with E-state index in [1.54, 1.807) is 6.07 Å². The van der Waals surface area contributed by atoms with Crippen molar-refractivity contribution in [3.8, 4) is 11.8 Å². The van der Waals surface area contributed by atoms with Crippen molar-refractivity contribution in [2.45, 2.75) is 0 Å². The van der Waals surface area contributed by atoms with Gasteiger partial charge in [0.2, 0.25) is 0 Å². The average molecular weight is 176 g/mol. The fourth-order valence-corrected chi connectivity index (χ4v) is 0.815. The lowest BCUT2D eigenvalue weighted by molar-refractivity contribution is 0.464. The monoisotopic (exact) mass is 176 g/mol. The van der Waals surface area contributed by atoms with Crippen molar-refractivity contribution >= 4 is 0 Å². The summed E-state index contributed by atoms with van der Waals surface area (Å²) in [5.41, 5.74) is 0.693. The lowest BCUT2D eigenvalue weighted by Crippen LogP contribution is -2.10. The van der Waals surface area contributed by atoms with Crippen LogP contribution >= 0.6 is 0 Å². The van der Waals surface area contributed by atoms with Gasteiger partial charge in [0, 0.05) is 11.6 Å². The van der Waals surface area contributed by atoms with Crippen molar-refractivity contribution in [2.75, 3.05) is 20.6 Å². The number of rotatable bonds is 1. The molecule has 2 heteroatoms. The van der Waals surface area contributed by atoms with Gasteiger partial charge in [-0.3, -0.25) is 4.90 Å². The molecule has 1 radical (unpaired) electrons. The largest absolute Gasteiger partial charge is 0.299 e. The van der Waals surface area contributed by atoms with Crippen LogP contribution in [0.25, 0.3) is 0 Å². The highest BCUT2D eigenvalue weighted by molar-refractivity contribution is 5.34. The summed E-state index contributed by atoms with van der Waals surface area (Å²) in [5.74, 6) is 5.42. The molecule has 1 aromatic carbocycles. The first kappa shape index (κ1) is 9.76. The molecule has 1 nitrogen and oxygen atoms in total. The van der Waals surface area contributed by atoms with E-state index in [0.717, 1.165) is 0 Å². The van der Waals surface area contributed by atoms with Gasteiger partial charge in [0.1, 0.15) is 5.82 Å². The zero-order valence-corrected chi connectivity index (χ0v) is 7.76. The molecule has 0 bridgehead atoms. The first-order chi connectivity index (χ1) is 6.18. The van der Waals surface area contributed by atoms with Gasteiger partial charge in [-0.15, -0.1) is 0 Å². The summed E-state index contributed by atoms with van der Waals surface area (Å²) < 4.78 is 12.6. The minimum atomic E-state index is -0.364. The Balaban J connectivity index is 2.66. The van der Waals surface area contributed by atoms with E-state index in [1.165, 1.54) is 12.1 Å². The highest BCUT2D eigenvalue weighted by Crippen LogP contribution is 2.00. The predicted molar refractivity (Wildman–Crippen MR) is 50.7 cm³/mol. The van der Waals surface area contributed by atoms with Crippen LogP contribution in [0.15, 0.2) is 18.2 Å². The second-order valence-electron chi connectivity index (χ2n) is 2.96. The quantitative estimate of drug-likeness (QED) is 0.587. The van der Waals surface area contributed by atoms with Gasteiger partial charge in [-0.25, -0.2) is 4.39 Å². The molecule has 0 saturated carbocycles. The van der Waals surface area contributed by atoms with Crippen molar-refractivity contribution in [2.24, 2.45) is 0 Å². The zero-order chi connectivity index (χ0) is 9.68. The lowest BCUT2D eigenvalue weighted by atomic mass is 10.2. The van der Waals surface area contributed by atoms with Crippen LogP contribution in [0.3, 0.4) is 0 Å². The fraction of sp³-hybridized carbons (Fsp3) is 0.273. The Bertz CT molecular complexity index is 333. The minimum absolute atomic E-state index is 0.364. The second-order valence-corrected chi connectivity index (χ2v) is 2.96. The molecule has 0 aliphatic rings. The van der Waals surface area contributed by atoms with Gasteiger partial charge in [0.05, 0.1) is 6.54 Å². The number of benzene rings is 1. The van der Waals surface area contributed by atoms with Crippen LogP contribution in [0.4, 0.5) is 4.39 Å². The summed E-state index contributed by atoms with van der Waals surface area (Å²) >= 11 is 0. The fourth-order valence-electron chi connectivity index (χ4n) is 0.815. The first-order valence-electron chi connectivity index (χ1n) is 3.99. The molecule has 0 aliphatic heterocycles. The van der Waals surface area contributed by atoms with E-state index in [4.69, 9.17) is 0 Å². The summed E-state index contributed by atoms with van der Waals surface area (Å²) in [7, 11) is 3.88. The highest BCUT2D eigenvalue weighted by atomic mass is 19.1. The van der Waals surface area contributed by atoms with E-state index in [-0.39, 0.29) is 5.82 Å². The molecule has 1 aromatic rings. The third-order valence-corrected chi connectivity index (χ3v) is 1.39. The molecule has 1 rings (SSSR count). The summed E-state index contributed by atoms with van der Waals surface area (Å²) in [5, 5.41) is 0. The minimum Gasteiger partial charge on any atom is -0.299 e. The van der Waals surface area contributed by atoms with E-state index in [9.17, 15) is 4.39 Å². The summed E-state index contributed by atoms with van der Waals surface area (Å²) in [6, 6.07) is 7.08. The number of nitrogens with zero attached hydrogens (tertiary/aromatic N) is 1. The molecule has 0 unspecified atom stereocenters. The molecule has 0 spiro atoms. The van der Waals surface area contributed by atoms with Crippen LogP contribution in [-0.4, -0.2) is 25.5 Å². The van der Waals surface area contributed by atoms with Gasteiger partial charge in [-0.2, -0.15) is 0 Å². The van der Waals surface area contributed by atoms with E-state index >= 15 is 0 Å². The van der Waals surface area contributed by atoms with Crippen molar-refractivity contribution in [1.29, 1.82) is 0 Å². The van der Waals surface area contributed by atoms with Gasteiger partial charge >= 0.3 is 0 Å². The summed E-state index contributed by atoms with van der Waals surface area (Å²) in [6.45, 7) is 0.681. The van der Waals surface area contributed by atoms with Gasteiger partial charge in [-0.1, -0.05) is 17.9 Å². The third-order valence-electron chi connectivity index (χ3n) is 1.39. The Morgan fingerprint density at radius 2 is 2.31 bits per heavy atom. The lowest BCUT2D eigenvalue weighted by Gasteiger charge is -2.00. The molecule has 67 valence electrons. The van der Waals surface area contributed by atoms with E-state index in [1.807, 2.05) is 19.0 Å². The Morgan fingerprint density at radius 1 is 1.54 bits per heavy atom. The number of halogens is 1. The maximum atomic E-state index is 12.6. The van der Waals surface area contributed by atoms with Gasteiger partial charge in [0.25, 0.3) is 0 Å². The molecule has 13 heavy (non-hydrogen) atoms. The van der Waals surface area contributed by atoms with Crippen molar-refractivity contribution < 1.29 is 4.39 Å². The highest BCUT2D eigenvalue weighted by Gasteiger charge is 1.89. The Labute approximate surface area is 78.2 Å². The summed E-state index contributed by atoms with van der Waals surface area (Å²) in [4.78, 5) is 1.96. The normalized spacial score (nSPS) is 9.54. The molecule has 0 saturated heterocycles. The predicted octanol–water partition coefficient (Wildman–Crippen LogP) is 1.54. The third kappa shape index (κ3) is 3.73. The molecule has 0 aromatic heterocycles. The van der Waals surface area contributed by atoms with Crippen molar-refractivity contribution in [3.05, 3.63) is 35.6 Å². The van der Waals surface area contributed by atoms with Crippen LogP contribution < -0.4 is 0 Å². The standard InChI is InChI=1S/C11H11FN/c1-13(2)8-4-6-10-5-3-7-11(12)9-10/h3,5,9H,8H2,1-2H3. The van der Waals surface area contributed by atoms with Crippen LogP contribution in [0.5, 0.6) is 0 Å². The summed E-state index contributed by atoms with van der Waals surface area (Å²) in [6.07, 6.45) is 0. The smallest absolute Gasteiger partial charge is 0.132 e. The van der Waals surface area contributed by atoms with E-state index in [2.05, 4.69) is 17.9 Å². The van der Waals surface area contributed by atoms with Gasteiger partial charge in [0.15, 0.2) is 0 Å². The van der Waals surface area contributed by atoms with E-state index < -0.39 is 0 Å². The zero-order valence-electron chi connectivity index (χ0n) is 7.76. The molecule has 0 amide bonds. The maximum Gasteiger partial charge on any atom is 0.132 e. The van der Waals surface area contributed by atoms with Crippen molar-refractivity contribution in [3.63, 3.8) is 0 Å². The molecule has 0 atom stereocenters. The first-order valence-corrected chi connectivity index (χ1v) is 3.99. The second kappa shape index (κ2) is 4.64. The molecular weight excluding hydrogens is 165 g/mol.